The van der Waals surface area contributed by atoms with Gasteiger partial charge in [-0.25, -0.2) is 4.99 Å². The number of carbonyl (C=O) groups excluding carboxylic acids is 2. The molecule has 82 valence electrons. The molecule has 0 spiro atoms. The number of hydrogen-bond donors (Lipinski definition) is 0. The Balaban J connectivity index is 2.32. The third-order valence-electron chi connectivity index (χ3n) is 2.52. The molecule has 0 saturated carbocycles. The van der Waals surface area contributed by atoms with Crippen molar-refractivity contribution < 1.29 is 14.3 Å². The third-order valence-corrected chi connectivity index (χ3v) is 2.52. The molecule has 0 N–H and O–H groups in total. The summed E-state index contributed by atoms with van der Waals surface area (Å²) >= 11 is 0. The standard InChI is InChI=1S/C12H11NO3/c1-16-11(14)7-6-9-8-4-2-3-5-10(8)13-12(9)15/h2-5H,6-7H2,1H3. The van der Waals surface area contributed by atoms with Gasteiger partial charge in [-0.3, -0.25) is 9.59 Å². The second-order valence-corrected chi connectivity index (χ2v) is 3.49. The van der Waals surface area contributed by atoms with Crippen LogP contribution in [-0.2, 0) is 14.3 Å². The molecule has 0 unspecified atom stereocenters. The molecule has 0 atom stereocenters. The van der Waals surface area contributed by atoms with Gasteiger partial charge in [0.15, 0.2) is 0 Å². The number of para-hydroxylation sites is 1. The molecule has 0 radical (unpaired) electrons. The smallest absolute Gasteiger partial charge is 0.305 e. The van der Waals surface area contributed by atoms with Gasteiger partial charge in [0, 0.05) is 17.2 Å². The van der Waals surface area contributed by atoms with E-state index in [2.05, 4.69) is 9.73 Å². The van der Waals surface area contributed by atoms with Crippen LogP contribution < -0.4 is 10.6 Å². The van der Waals surface area contributed by atoms with Gasteiger partial charge in [-0.05, 0) is 12.5 Å². The van der Waals surface area contributed by atoms with E-state index >= 15 is 0 Å². The molecular weight excluding hydrogens is 206 g/mol. The lowest BCUT2D eigenvalue weighted by atomic mass is 10.1. The summed E-state index contributed by atoms with van der Waals surface area (Å²) in [6, 6.07) is 7.32. The molecule has 0 aromatic heterocycles. The average Bonchev–Trinajstić information content (AvgIpc) is 2.62. The first kappa shape index (κ1) is 10.5. The zero-order valence-electron chi connectivity index (χ0n) is 8.90. The van der Waals surface area contributed by atoms with Crippen molar-refractivity contribution >= 4 is 17.4 Å². The Morgan fingerprint density at radius 1 is 1.38 bits per heavy atom. The molecule has 1 aliphatic rings. The fourth-order valence-corrected chi connectivity index (χ4v) is 1.69. The minimum Gasteiger partial charge on any atom is -0.469 e. The van der Waals surface area contributed by atoms with Gasteiger partial charge in [-0.2, -0.15) is 0 Å². The van der Waals surface area contributed by atoms with Gasteiger partial charge in [-0.1, -0.05) is 18.2 Å². The van der Waals surface area contributed by atoms with Gasteiger partial charge in [0.05, 0.1) is 12.5 Å². The van der Waals surface area contributed by atoms with Gasteiger partial charge in [0.2, 0.25) is 0 Å². The summed E-state index contributed by atoms with van der Waals surface area (Å²) in [5.41, 5.74) is 0.598. The lowest BCUT2D eigenvalue weighted by molar-refractivity contribution is -0.140. The lowest BCUT2D eigenvalue weighted by Gasteiger charge is -1.98. The Morgan fingerprint density at radius 3 is 2.88 bits per heavy atom. The monoisotopic (exact) mass is 217 g/mol. The van der Waals surface area contributed by atoms with E-state index in [-0.39, 0.29) is 18.3 Å². The molecule has 1 aromatic carbocycles. The second-order valence-electron chi connectivity index (χ2n) is 3.49. The molecule has 0 fully saturated rings. The number of carbonyl (C=O) groups is 2. The van der Waals surface area contributed by atoms with Crippen LogP contribution in [0.4, 0.5) is 0 Å². The van der Waals surface area contributed by atoms with Crippen molar-refractivity contribution in [2.45, 2.75) is 12.8 Å². The van der Waals surface area contributed by atoms with Crippen LogP contribution in [0, 0.1) is 0 Å². The van der Waals surface area contributed by atoms with Crippen molar-refractivity contribution in [3.05, 3.63) is 34.8 Å². The Kier molecular flexibility index (Phi) is 2.81. The number of nitrogens with zero attached hydrogens (tertiary/aromatic N) is 1. The lowest BCUT2D eigenvalue weighted by Crippen LogP contribution is -2.22. The number of hydrogen-bond acceptors (Lipinski definition) is 3. The number of esters is 1. The largest absolute Gasteiger partial charge is 0.469 e. The van der Waals surface area contributed by atoms with E-state index in [1.54, 1.807) is 6.07 Å². The van der Waals surface area contributed by atoms with E-state index in [4.69, 9.17) is 0 Å². The van der Waals surface area contributed by atoms with Crippen LogP contribution >= 0.6 is 0 Å². The summed E-state index contributed by atoms with van der Waals surface area (Å²) in [4.78, 5) is 26.5. The Bertz CT molecular complexity index is 560. The van der Waals surface area contributed by atoms with E-state index in [1.807, 2.05) is 18.2 Å². The second kappa shape index (κ2) is 4.26. The number of ether oxygens (including phenoxy) is 1. The highest BCUT2D eigenvalue weighted by atomic mass is 16.5. The summed E-state index contributed by atoms with van der Waals surface area (Å²) in [6.07, 6.45) is 0.591. The first-order valence-electron chi connectivity index (χ1n) is 5.00. The maximum atomic E-state index is 11.6. The van der Waals surface area contributed by atoms with E-state index in [0.717, 1.165) is 5.22 Å². The number of amides is 1. The fraction of sp³-hybridized carbons (Fsp3) is 0.250. The molecular formula is C12H11NO3. The van der Waals surface area contributed by atoms with Crippen molar-refractivity contribution in [1.29, 1.82) is 0 Å². The first-order chi connectivity index (χ1) is 7.72. The van der Waals surface area contributed by atoms with Crippen molar-refractivity contribution in [2.24, 2.45) is 4.99 Å². The van der Waals surface area contributed by atoms with E-state index in [9.17, 15) is 9.59 Å². The van der Waals surface area contributed by atoms with Crippen LogP contribution in [0.5, 0.6) is 0 Å². The normalized spacial score (nSPS) is 13.3. The highest BCUT2D eigenvalue weighted by molar-refractivity contribution is 6.15. The van der Waals surface area contributed by atoms with Crippen LogP contribution in [0.2, 0.25) is 0 Å². The molecule has 16 heavy (non-hydrogen) atoms. The minimum atomic E-state index is -0.315. The van der Waals surface area contributed by atoms with Crippen molar-refractivity contribution in [3.63, 3.8) is 0 Å². The van der Waals surface area contributed by atoms with Crippen molar-refractivity contribution in [1.82, 2.24) is 0 Å². The molecule has 0 aliphatic carbocycles. The Hall–Kier alpha value is -1.97. The predicted octanol–water partition coefficient (Wildman–Crippen LogP) is -0.0497. The van der Waals surface area contributed by atoms with Crippen molar-refractivity contribution in [3.8, 4) is 0 Å². The topological polar surface area (TPSA) is 55.7 Å². The quantitative estimate of drug-likeness (QED) is 0.667. The molecule has 2 rings (SSSR count). The summed E-state index contributed by atoms with van der Waals surface area (Å²) in [5.74, 6) is -0.560. The Labute approximate surface area is 92.3 Å². The summed E-state index contributed by atoms with van der Waals surface area (Å²) in [7, 11) is 1.34. The fourth-order valence-electron chi connectivity index (χ4n) is 1.69. The number of methoxy groups -OCH3 is 1. The molecule has 0 saturated heterocycles. The van der Waals surface area contributed by atoms with Gasteiger partial charge < -0.3 is 4.74 Å². The average molecular weight is 217 g/mol. The number of fused-ring (bicyclic) bond motifs is 1. The van der Waals surface area contributed by atoms with Gasteiger partial charge in [0.25, 0.3) is 5.91 Å². The molecule has 0 bridgehead atoms. The van der Waals surface area contributed by atoms with Gasteiger partial charge >= 0.3 is 5.97 Å². The number of rotatable bonds is 3. The molecule has 4 heteroatoms. The zero-order valence-corrected chi connectivity index (χ0v) is 8.90. The predicted molar refractivity (Wildman–Crippen MR) is 56.9 cm³/mol. The first-order valence-corrected chi connectivity index (χ1v) is 5.00. The third kappa shape index (κ3) is 1.86. The maximum Gasteiger partial charge on any atom is 0.305 e. The highest BCUT2D eigenvalue weighted by Crippen LogP contribution is 2.09. The maximum absolute atomic E-state index is 11.6. The molecule has 1 heterocycles. The van der Waals surface area contributed by atoms with Crippen molar-refractivity contribution in [2.75, 3.05) is 7.11 Å². The van der Waals surface area contributed by atoms with Gasteiger partial charge in [-0.15, -0.1) is 0 Å². The molecule has 4 nitrogen and oxygen atoms in total. The van der Waals surface area contributed by atoms with Crippen LogP contribution in [0.1, 0.15) is 12.8 Å². The van der Waals surface area contributed by atoms with Crippen LogP contribution in [0.3, 0.4) is 0 Å². The van der Waals surface area contributed by atoms with E-state index < -0.39 is 0 Å². The molecule has 1 amide bonds. The van der Waals surface area contributed by atoms with Crippen LogP contribution in [-0.4, -0.2) is 19.0 Å². The SMILES string of the molecule is COC(=O)CCC1=c2ccccc2=NC1=O. The Morgan fingerprint density at radius 2 is 2.12 bits per heavy atom. The summed E-state index contributed by atoms with van der Waals surface area (Å²) < 4.78 is 4.54. The summed E-state index contributed by atoms with van der Waals surface area (Å²) in [6.45, 7) is 0. The zero-order chi connectivity index (χ0) is 11.5. The molecule has 1 aromatic rings. The van der Waals surface area contributed by atoms with E-state index in [0.29, 0.717) is 17.4 Å². The molecule has 1 aliphatic heterocycles. The van der Waals surface area contributed by atoms with Crippen LogP contribution in [0.25, 0.3) is 5.57 Å². The van der Waals surface area contributed by atoms with E-state index in [1.165, 1.54) is 7.11 Å². The van der Waals surface area contributed by atoms with Gasteiger partial charge in [0.1, 0.15) is 0 Å². The summed E-state index contributed by atoms with van der Waals surface area (Å²) in [5, 5.41) is 1.52. The minimum absolute atomic E-state index is 0.210. The number of benzene rings is 1. The highest BCUT2D eigenvalue weighted by Gasteiger charge is 2.16. The van der Waals surface area contributed by atoms with Crippen LogP contribution in [0.15, 0.2) is 29.3 Å².